The van der Waals surface area contributed by atoms with E-state index < -0.39 is 0 Å². The van der Waals surface area contributed by atoms with Crippen LogP contribution in [0.3, 0.4) is 0 Å². The Labute approximate surface area is 474 Å². The molecule has 0 atom stereocenters. The van der Waals surface area contributed by atoms with Crippen LogP contribution in [0.5, 0.6) is 0 Å². The highest BCUT2D eigenvalue weighted by Gasteiger charge is 2.30. The van der Waals surface area contributed by atoms with Crippen LogP contribution in [0.25, 0.3) is 186 Å². The maximum atomic E-state index is 2.59. The molecule has 18 aromatic carbocycles. The number of fused-ring (bicyclic) bond motifs is 10. The standard InChI is InChI=1S/C82H48/c1-7-22-49(23-8-1)55-34-19-20-35-60(55)61-42-47-68-78-69(61)48-70-62-43-38-56(50-24-9-2-10-25-50)72-57(51-26-11-3-12-27-51)39-44-65(74(62)72)77(70)80(78)64-37-21-36-63-71(54-32-17-6-18-33-54)79-66-45-40-58(52-28-13-4-14-29-52)73-59(53-30-15-5-16-31-53)41-46-67(75(66)73)82(79)81(68)76(63)64/h1-48H. The second-order valence-corrected chi connectivity index (χ2v) is 22.4. The van der Waals surface area contributed by atoms with Crippen molar-refractivity contribution in [3.63, 3.8) is 0 Å². The average molecular weight is 1030 g/mol. The van der Waals surface area contributed by atoms with Gasteiger partial charge < -0.3 is 0 Å². The summed E-state index contributed by atoms with van der Waals surface area (Å²) < 4.78 is 0. The van der Waals surface area contributed by atoms with Crippen LogP contribution in [-0.2, 0) is 0 Å². The van der Waals surface area contributed by atoms with E-state index in [0.717, 1.165) is 0 Å². The molecule has 0 aliphatic heterocycles. The van der Waals surface area contributed by atoms with Crippen LogP contribution in [-0.4, -0.2) is 0 Å². The SMILES string of the molecule is c1ccc(-c2ccccc2-c2ccc3c4c2cc2c5ccc(-c6ccccc6)c6c(-c7ccccc7)ccc(c65)c2c4c2cccc4c(-c5ccccc5)c5c6ccc(-c7ccccc7)c7c(-c8ccccc8)ccc(c76)c5c3c42)cc1. The average Bonchev–Trinajstić information content (AvgIpc) is 3.47. The Morgan fingerprint density at radius 3 is 0.927 bits per heavy atom. The predicted octanol–water partition coefficient (Wildman–Crippen LogP) is 23.2. The van der Waals surface area contributed by atoms with Crippen molar-refractivity contribution < 1.29 is 0 Å². The van der Waals surface area contributed by atoms with Crippen molar-refractivity contribution in [1.29, 1.82) is 0 Å². The molecule has 0 aromatic heterocycles. The summed E-state index contributed by atoms with van der Waals surface area (Å²) in [7, 11) is 0. The molecule has 0 bridgehead atoms. The lowest BCUT2D eigenvalue weighted by atomic mass is 9.81. The molecule has 0 nitrogen and oxygen atoms in total. The van der Waals surface area contributed by atoms with E-state index in [9.17, 15) is 0 Å². The van der Waals surface area contributed by atoms with Crippen LogP contribution < -0.4 is 0 Å². The molecule has 0 radical (unpaired) electrons. The van der Waals surface area contributed by atoms with E-state index in [-0.39, 0.29) is 0 Å². The first-order valence-corrected chi connectivity index (χ1v) is 28.7. The third kappa shape index (κ3) is 6.27. The molecule has 0 heteroatoms. The van der Waals surface area contributed by atoms with Crippen LogP contribution in [0.2, 0.25) is 0 Å². The van der Waals surface area contributed by atoms with Crippen LogP contribution >= 0.6 is 0 Å². The summed E-state index contributed by atoms with van der Waals surface area (Å²) in [5.74, 6) is 0. The fraction of sp³-hybridized carbons (Fsp3) is 0. The molecule has 0 saturated heterocycles. The highest BCUT2D eigenvalue weighted by molar-refractivity contribution is 6.53. The molecule has 18 aromatic rings. The maximum absolute atomic E-state index is 2.59. The summed E-state index contributed by atoms with van der Waals surface area (Å²) in [6.45, 7) is 0. The van der Waals surface area contributed by atoms with Gasteiger partial charge in [-0.05, 0) is 192 Å². The van der Waals surface area contributed by atoms with Gasteiger partial charge in [-0.2, -0.15) is 0 Å². The summed E-state index contributed by atoms with van der Waals surface area (Å²) in [4.78, 5) is 0. The molecule has 0 heterocycles. The third-order valence-corrected chi connectivity index (χ3v) is 18.3. The molecule has 0 unspecified atom stereocenters. The van der Waals surface area contributed by atoms with Gasteiger partial charge in [-0.25, -0.2) is 0 Å². The van der Waals surface area contributed by atoms with Gasteiger partial charge in [0.25, 0.3) is 0 Å². The Balaban J connectivity index is 1.09. The van der Waals surface area contributed by atoms with Gasteiger partial charge >= 0.3 is 0 Å². The number of hydrogen-bond donors (Lipinski definition) is 0. The fourth-order valence-corrected chi connectivity index (χ4v) is 15.0. The summed E-state index contributed by atoms with van der Waals surface area (Å²) in [5, 5.41) is 26.0. The van der Waals surface area contributed by atoms with E-state index in [1.807, 2.05) is 0 Å². The van der Waals surface area contributed by atoms with Crippen molar-refractivity contribution in [3.05, 3.63) is 291 Å². The smallest absolute Gasteiger partial charge is 0.000696 e. The maximum Gasteiger partial charge on any atom is -0.000696 e. The zero-order valence-corrected chi connectivity index (χ0v) is 44.7. The quantitative estimate of drug-likeness (QED) is 0.110. The molecule has 0 fully saturated rings. The van der Waals surface area contributed by atoms with Gasteiger partial charge in [-0.3, -0.25) is 0 Å². The lowest BCUT2D eigenvalue weighted by molar-refractivity contribution is 1.60. The lowest BCUT2D eigenvalue weighted by Crippen LogP contribution is -1.93. The third-order valence-electron chi connectivity index (χ3n) is 18.3. The molecule has 0 N–H and O–H groups in total. The lowest BCUT2D eigenvalue weighted by Gasteiger charge is -2.22. The molecular formula is C82H48. The van der Waals surface area contributed by atoms with Gasteiger partial charge in [0, 0.05) is 0 Å². The van der Waals surface area contributed by atoms with E-state index >= 15 is 0 Å². The zero-order valence-electron chi connectivity index (χ0n) is 44.7. The monoisotopic (exact) mass is 1030 g/mol. The van der Waals surface area contributed by atoms with Gasteiger partial charge in [0.1, 0.15) is 0 Å². The van der Waals surface area contributed by atoms with Crippen molar-refractivity contribution in [1.82, 2.24) is 0 Å². The minimum Gasteiger partial charge on any atom is -0.0622 e. The zero-order chi connectivity index (χ0) is 53.6. The summed E-state index contributed by atoms with van der Waals surface area (Å²) in [6, 6.07) is 109. The molecule has 376 valence electrons. The van der Waals surface area contributed by atoms with Crippen molar-refractivity contribution in [2.24, 2.45) is 0 Å². The number of hydrogen-bond acceptors (Lipinski definition) is 0. The Morgan fingerprint density at radius 1 is 0.122 bits per heavy atom. The molecule has 0 aliphatic carbocycles. The van der Waals surface area contributed by atoms with Crippen LogP contribution in [0.15, 0.2) is 291 Å². The van der Waals surface area contributed by atoms with Gasteiger partial charge in [-0.1, -0.05) is 285 Å². The Hall–Kier alpha value is -10.7. The largest absolute Gasteiger partial charge is 0.0622 e. The predicted molar refractivity (Wildman–Crippen MR) is 353 cm³/mol. The van der Waals surface area contributed by atoms with Gasteiger partial charge in [-0.15, -0.1) is 0 Å². The Kier molecular flexibility index (Phi) is 9.61. The van der Waals surface area contributed by atoms with Crippen molar-refractivity contribution in [2.45, 2.75) is 0 Å². The van der Waals surface area contributed by atoms with Crippen LogP contribution in [0, 0.1) is 0 Å². The second kappa shape index (κ2) is 17.4. The molecule has 0 amide bonds. The minimum atomic E-state index is 1.21. The first-order valence-electron chi connectivity index (χ1n) is 28.7. The van der Waals surface area contributed by atoms with E-state index in [2.05, 4.69) is 291 Å². The van der Waals surface area contributed by atoms with E-state index in [0.29, 0.717) is 0 Å². The summed E-state index contributed by atoms with van der Waals surface area (Å²) in [6.07, 6.45) is 0. The van der Waals surface area contributed by atoms with Gasteiger partial charge in [0.2, 0.25) is 0 Å². The molecule has 0 saturated carbocycles. The minimum absolute atomic E-state index is 1.21. The van der Waals surface area contributed by atoms with Gasteiger partial charge in [0.15, 0.2) is 0 Å². The van der Waals surface area contributed by atoms with E-state index in [1.54, 1.807) is 0 Å². The molecular weight excluding hydrogens is 985 g/mol. The van der Waals surface area contributed by atoms with Gasteiger partial charge in [0.05, 0.1) is 0 Å². The second-order valence-electron chi connectivity index (χ2n) is 22.4. The van der Waals surface area contributed by atoms with Crippen molar-refractivity contribution in [3.8, 4) is 77.9 Å². The van der Waals surface area contributed by atoms with Crippen molar-refractivity contribution in [2.75, 3.05) is 0 Å². The first-order chi connectivity index (χ1) is 40.8. The van der Waals surface area contributed by atoms with E-state index in [1.165, 1.54) is 186 Å². The fourth-order valence-electron chi connectivity index (χ4n) is 15.0. The number of benzene rings is 16. The topological polar surface area (TPSA) is 0 Å². The van der Waals surface area contributed by atoms with Crippen LogP contribution in [0.4, 0.5) is 0 Å². The highest BCUT2D eigenvalue weighted by atomic mass is 14.3. The summed E-state index contributed by atoms with van der Waals surface area (Å²) in [5.41, 5.74) is 17.3. The number of rotatable bonds is 7. The first kappa shape index (κ1) is 45.2. The molecule has 18 rings (SSSR count). The molecule has 82 heavy (non-hydrogen) atoms. The Bertz CT molecular complexity index is 5460. The molecule has 0 spiro atoms. The summed E-state index contributed by atoms with van der Waals surface area (Å²) >= 11 is 0. The normalized spacial score (nSPS) is 12.1. The highest BCUT2D eigenvalue weighted by Crippen LogP contribution is 2.58. The Morgan fingerprint density at radius 2 is 0.427 bits per heavy atom. The van der Waals surface area contributed by atoms with E-state index in [4.69, 9.17) is 0 Å². The molecule has 0 aliphatic rings. The van der Waals surface area contributed by atoms with Crippen LogP contribution in [0.1, 0.15) is 0 Å². The van der Waals surface area contributed by atoms with Crippen molar-refractivity contribution >= 4 is 108 Å².